The number of anilines is 2. The number of amides is 2. The Labute approximate surface area is 166 Å². The van der Waals surface area contributed by atoms with Gasteiger partial charge in [-0.2, -0.15) is 0 Å². The third-order valence-electron chi connectivity index (χ3n) is 5.99. The molecule has 4 rings (SSSR count). The van der Waals surface area contributed by atoms with Crippen LogP contribution in [0.2, 0.25) is 0 Å². The van der Waals surface area contributed by atoms with Crippen molar-refractivity contribution in [2.75, 3.05) is 63.2 Å². The first-order valence-electron chi connectivity index (χ1n) is 10.5. The maximum atomic E-state index is 14.8. The summed E-state index contributed by atoms with van der Waals surface area (Å²) in [6.07, 6.45) is 4.13. The Morgan fingerprint density at radius 3 is 2.82 bits per heavy atom. The average molecular weight is 391 g/mol. The summed E-state index contributed by atoms with van der Waals surface area (Å²) < 4.78 is 20.2. The average Bonchev–Trinajstić information content (AvgIpc) is 3.42. The van der Waals surface area contributed by atoms with Gasteiger partial charge in [-0.3, -0.25) is 0 Å². The number of carbonyl (C=O) groups excluding carboxylic acids is 1. The molecule has 1 atom stereocenters. The zero-order valence-corrected chi connectivity index (χ0v) is 16.7. The van der Waals surface area contributed by atoms with Gasteiger partial charge in [0.1, 0.15) is 5.82 Å². The minimum absolute atomic E-state index is 0.127. The summed E-state index contributed by atoms with van der Waals surface area (Å²) in [5, 5.41) is 2.91. The van der Waals surface area contributed by atoms with Crippen LogP contribution in [0.25, 0.3) is 0 Å². The second-order valence-corrected chi connectivity index (χ2v) is 8.35. The minimum Gasteiger partial charge on any atom is -0.381 e. The number of hydrogen-bond acceptors (Lipinski definition) is 4. The highest BCUT2D eigenvalue weighted by Crippen LogP contribution is 2.30. The quantitative estimate of drug-likeness (QED) is 0.840. The molecule has 6 nitrogen and oxygen atoms in total. The van der Waals surface area contributed by atoms with E-state index in [-0.39, 0.29) is 11.8 Å². The third kappa shape index (κ3) is 4.75. The van der Waals surface area contributed by atoms with Gasteiger partial charge in [0.15, 0.2) is 0 Å². The molecule has 28 heavy (non-hydrogen) atoms. The first-order valence-corrected chi connectivity index (χ1v) is 10.5. The number of urea groups is 1. The van der Waals surface area contributed by atoms with Crippen LogP contribution in [-0.4, -0.2) is 74.9 Å². The van der Waals surface area contributed by atoms with Crippen molar-refractivity contribution in [3.63, 3.8) is 0 Å². The molecule has 3 aliphatic rings. The van der Waals surface area contributed by atoms with E-state index in [4.69, 9.17) is 4.74 Å². The summed E-state index contributed by atoms with van der Waals surface area (Å²) in [6.45, 7) is 5.87. The normalized spacial score (nSPS) is 23.5. The molecule has 0 spiro atoms. The topological polar surface area (TPSA) is 48.0 Å². The molecule has 2 heterocycles. The van der Waals surface area contributed by atoms with E-state index in [1.807, 2.05) is 11.0 Å². The van der Waals surface area contributed by atoms with Crippen molar-refractivity contribution >= 4 is 17.4 Å². The van der Waals surface area contributed by atoms with Crippen LogP contribution in [0.1, 0.15) is 25.7 Å². The number of hydrogen-bond donors (Lipinski definition) is 1. The Kier molecular flexibility index (Phi) is 6.01. The zero-order valence-electron chi connectivity index (χ0n) is 16.7. The zero-order chi connectivity index (χ0) is 19.5. The van der Waals surface area contributed by atoms with Crippen LogP contribution in [0.5, 0.6) is 0 Å². The standard InChI is InChI=1S/C21H31FN4O2/c1-24-8-2-9-25(11-10-24)20-6-3-17(13-19(20)22)23-21(27)26(18-4-5-18)14-16-7-12-28-15-16/h3,6,13,16,18H,2,4-5,7-12,14-15H2,1H3,(H,23,27)/t16-/m0/s1. The van der Waals surface area contributed by atoms with Crippen molar-refractivity contribution in [3.05, 3.63) is 24.0 Å². The molecular formula is C21H31FN4O2. The Morgan fingerprint density at radius 2 is 2.11 bits per heavy atom. The van der Waals surface area contributed by atoms with Crippen LogP contribution in [-0.2, 0) is 4.74 Å². The Hall–Kier alpha value is -1.86. The van der Waals surface area contributed by atoms with Gasteiger partial charge in [0, 0.05) is 50.4 Å². The van der Waals surface area contributed by atoms with E-state index in [0.717, 1.165) is 71.6 Å². The number of rotatable bonds is 5. The second-order valence-electron chi connectivity index (χ2n) is 8.35. The van der Waals surface area contributed by atoms with Crippen molar-refractivity contribution in [1.29, 1.82) is 0 Å². The highest BCUT2D eigenvalue weighted by Gasteiger charge is 2.35. The Balaban J connectivity index is 1.39. The van der Waals surface area contributed by atoms with Crippen molar-refractivity contribution in [1.82, 2.24) is 9.80 Å². The number of carbonyl (C=O) groups is 1. The Morgan fingerprint density at radius 1 is 1.25 bits per heavy atom. The molecule has 0 bridgehead atoms. The van der Waals surface area contributed by atoms with Gasteiger partial charge in [-0.05, 0) is 57.5 Å². The highest BCUT2D eigenvalue weighted by molar-refractivity contribution is 5.90. The van der Waals surface area contributed by atoms with E-state index in [1.54, 1.807) is 6.07 Å². The van der Waals surface area contributed by atoms with Gasteiger partial charge < -0.3 is 24.8 Å². The molecule has 1 aromatic carbocycles. The third-order valence-corrected chi connectivity index (χ3v) is 5.99. The predicted molar refractivity (Wildman–Crippen MR) is 108 cm³/mol. The molecule has 0 unspecified atom stereocenters. The number of ether oxygens (including phenoxy) is 1. The SMILES string of the molecule is CN1CCCN(c2ccc(NC(=O)N(C[C@@H]3CCOC3)C3CC3)cc2F)CC1. The van der Waals surface area contributed by atoms with E-state index in [1.165, 1.54) is 6.07 Å². The molecule has 2 amide bonds. The molecular weight excluding hydrogens is 359 g/mol. The van der Waals surface area contributed by atoms with Crippen LogP contribution >= 0.6 is 0 Å². The lowest BCUT2D eigenvalue weighted by atomic mass is 10.1. The van der Waals surface area contributed by atoms with E-state index >= 15 is 0 Å². The van der Waals surface area contributed by atoms with Crippen LogP contribution in [0.15, 0.2) is 18.2 Å². The fraction of sp³-hybridized carbons (Fsp3) is 0.667. The van der Waals surface area contributed by atoms with E-state index in [0.29, 0.717) is 23.3 Å². The van der Waals surface area contributed by atoms with E-state index < -0.39 is 0 Å². The second kappa shape index (κ2) is 8.66. The highest BCUT2D eigenvalue weighted by atomic mass is 19.1. The van der Waals surface area contributed by atoms with Gasteiger partial charge in [0.2, 0.25) is 0 Å². The van der Waals surface area contributed by atoms with Crippen molar-refractivity contribution < 1.29 is 13.9 Å². The maximum Gasteiger partial charge on any atom is 0.322 e. The summed E-state index contributed by atoms with van der Waals surface area (Å²) in [6, 6.07) is 5.25. The van der Waals surface area contributed by atoms with E-state index in [2.05, 4.69) is 22.2 Å². The summed E-state index contributed by atoms with van der Waals surface area (Å²) >= 11 is 0. The number of benzene rings is 1. The molecule has 0 radical (unpaired) electrons. The molecule has 2 aliphatic heterocycles. The molecule has 1 aromatic rings. The number of halogens is 1. The first-order chi connectivity index (χ1) is 13.6. The molecule has 1 aliphatic carbocycles. The molecule has 154 valence electrons. The monoisotopic (exact) mass is 390 g/mol. The summed E-state index contributed by atoms with van der Waals surface area (Å²) in [4.78, 5) is 19.1. The molecule has 1 N–H and O–H groups in total. The van der Waals surface area contributed by atoms with Gasteiger partial charge in [-0.1, -0.05) is 0 Å². The van der Waals surface area contributed by atoms with Gasteiger partial charge in [-0.25, -0.2) is 9.18 Å². The summed E-state index contributed by atoms with van der Waals surface area (Å²) in [7, 11) is 2.10. The molecule has 1 saturated carbocycles. The van der Waals surface area contributed by atoms with Gasteiger partial charge >= 0.3 is 6.03 Å². The lowest BCUT2D eigenvalue weighted by Gasteiger charge is -2.26. The summed E-state index contributed by atoms with van der Waals surface area (Å²) in [5.74, 6) is 0.135. The number of nitrogens with zero attached hydrogens (tertiary/aromatic N) is 3. The Bertz CT molecular complexity index is 691. The molecule has 0 aromatic heterocycles. The molecule has 7 heteroatoms. The van der Waals surface area contributed by atoms with Gasteiger partial charge in [0.25, 0.3) is 0 Å². The van der Waals surface area contributed by atoms with Crippen LogP contribution in [0, 0.1) is 11.7 Å². The van der Waals surface area contributed by atoms with Crippen molar-refractivity contribution in [2.24, 2.45) is 5.92 Å². The molecule has 3 fully saturated rings. The van der Waals surface area contributed by atoms with Crippen molar-refractivity contribution in [2.45, 2.75) is 31.7 Å². The first kappa shape index (κ1) is 19.5. The molecule has 2 saturated heterocycles. The number of likely N-dealkylation sites (N-methyl/N-ethyl adjacent to an activating group) is 1. The van der Waals surface area contributed by atoms with E-state index in [9.17, 15) is 9.18 Å². The lowest BCUT2D eigenvalue weighted by Crippen LogP contribution is -2.40. The van der Waals surface area contributed by atoms with Crippen LogP contribution < -0.4 is 10.2 Å². The smallest absolute Gasteiger partial charge is 0.322 e. The minimum atomic E-state index is -0.274. The fourth-order valence-corrected chi connectivity index (χ4v) is 4.11. The van der Waals surface area contributed by atoms with Gasteiger partial charge in [-0.15, -0.1) is 0 Å². The largest absolute Gasteiger partial charge is 0.381 e. The maximum absolute atomic E-state index is 14.8. The van der Waals surface area contributed by atoms with Crippen LogP contribution in [0.4, 0.5) is 20.6 Å². The van der Waals surface area contributed by atoms with Gasteiger partial charge in [0.05, 0.1) is 12.3 Å². The number of nitrogens with one attached hydrogen (secondary N) is 1. The van der Waals surface area contributed by atoms with Crippen LogP contribution in [0.3, 0.4) is 0 Å². The fourth-order valence-electron chi connectivity index (χ4n) is 4.11. The summed E-state index contributed by atoms with van der Waals surface area (Å²) in [5.41, 5.74) is 1.14. The predicted octanol–water partition coefficient (Wildman–Crippen LogP) is 3.00. The lowest BCUT2D eigenvalue weighted by molar-refractivity contribution is 0.167. The van der Waals surface area contributed by atoms with Crippen molar-refractivity contribution in [3.8, 4) is 0 Å².